The molecule has 1 N–H and O–H groups in total. The number of nitrogens with zero attached hydrogens (tertiary/aromatic N) is 2. The number of rotatable bonds is 6. The maximum Gasteiger partial charge on any atom is 0.437 e. The summed E-state index contributed by atoms with van der Waals surface area (Å²) >= 11 is 3.43. The molecule has 1 saturated carbocycles. The zero-order chi connectivity index (χ0) is 17.4. The van der Waals surface area contributed by atoms with Crippen molar-refractivity contribution in [2.45, 2.75) is 43.4 Å². The van der Waals surface area contributed by atoms with Gasteiger partial charge in [0.2, 0.25) is 5.91 Å². The van der Waals surface area contributed by atoms with E-state index in [-0.39, 0.29) is 31.2 Å². The largest absolute Gasteiger partial charge is 0.437 e. The van der Waals surface area contributed by atoms with E-state index in [1.807, 2.05) is 18.2 Å². The summed E-state index contributed by atoms with van der Waals surface area (Å²) in [6, 6.07) is 8.02. The fraction of sp³-hybridized carbons (Fsp3) is 0.562. The van der Waals surface area contributed by atoms with Crippen molar-refractivity contribution in [1.29, 1.82) is 0 Å². The second-order valence-electron chi connectivity index (χ2n) is 6.33. The predicted molar refractivity (Wildman–Crippen MR) is 85.5 cm³/mol. The van der Waals surface area contributed by atoms with Gasteiger partial charge in [-0.2, -0.15) is 13.2 Å². The summed E-state index contributed by atoms with van der Waals surface area (Å²) in [4.78, 5) is 12.0. The molecule has 0 spiro atoms. The van der Waals surface area contributed by atoms with Gasteiger partial charge in [-0.05, 0) is 42.9 Å². The van der Waals surface area contributed by atoms with Crippen molar-refractivity contribution < 1.29 is 18.0 Å². The van der Waals surface area contributed by atoms with Crippen LogP contribution in [-0.4, -0.2) is 24.3 Å². The average Bonchev–Trinajstić information content (AvgIpc) is 3.23. The standard InChI is InChI=1S/C16H17BrF3N3O/c17-13-4-1-3-10(9-13)11-7-12(8-11)14(24)21-6-2-5-15(22-23-15)16(18,19)20/h1,3-4,9,11-12H,2,5-8H2,(H,21,24). The van der Waals surface area contributed by atoms with Crippen molar-refractivity contribution >= 4 is 21.8 Å². The second kappa shape index (κ2) is 6.46. The van der Waals surface area contributed by atoms with Gasteiger partial charge in [0.25, 0.3) is 5.66 Å². The molecule has 1 amide bonds. The van der Waals surface area contributed by atoms with Crippen LogP contribution in [0, 0.1) is 5.92 Å². The van der Waals surface area contributed by atoms with Crippen LogP contribution < -0.4 is 5.32 Å². The zero-order valence-electron chi connectivity index (χ0n) is 12.8. The number of hydrogen-bond acceptors (Lipinski definition) is 3. The first-order valence-corrected chi connectivity index (χ1v) is 8.64. The van der Waals surface area contributed by atoms with Crippen LogP contribution >= 0.6 is 15.9 Å². The summed E-state index contributed by atoms with van der Waals surface area (Å²) in [7, 11) is 0. The molecule has 1 aromatic rings. The van der Waals surface area contributed by atoms with Crippen molar-refractivity contribution in [2.75, 3.05) is 6.54 Å². The van der Waals surface area contributed by atoms with Gasteiger partial charge in [0.15, 0.2) is 0 Å². The molecular formula is C16H17BrF3N3O. The summed E-state index contributed by atoms with van der Waals surface area (Å²) in [5.74, 6) is 0.239. The SMILES string of the molecule is O=C(NCCCC1(C(F)(F)F)N=N1)C1CC(c2cccc(Br)c2)C1. The second-order valence-corrected chi connectivity index (χ2v) is 7.24. The molecule has 4 nitrogen and oxygen atoms in total. The Morgan fingerprint density at radius 1 is 1.33 bits per heavy atom. The zero-order valence-corrected chi connectivity index (χ0v) is 14.4. The molecule has 1 aromatic carbocycles. The molecule has 3 rings (SSSR count). The molecule has 8 heteroatoms. The van der Waals surface area contributed by atoms with E-state index in [2.05, 4.69) is 37.5 Å². The Balaban J connectivity index is 1.36. The van der Waals surface area contributed by atoms with E-state index >= 15 is 0 Å². The molecule has 1 aliphatic heterocycles. The molecule has 0 bridgehead atoms. The van der Waals surface area contributed by atoms with Crippen molar-refractivity contribution in [1.82, 2.24) is 5.32 Å². The highest BCUT2D eigenvalue weighted by atomic mass is 79.9. The number of benzene rings is 1. The summed E-state index contributed by atoms with van der Waals surface area (Å²) in [5, 5.41) is 8.96. The lowest BCUT2D eigenvalue weighted by molar-refractivity contribution is -0.165. The Hall–Kier alpha value is -1.44. The molecule has 0 aromatic heterocycles. The molecule has 0 unspecified atom stereocenters. The van der Waals surface area contributed by atoms with Gasteiger partial charge in [-0.15, -0.1) is 10.2 Å². The number of alkyl halides is 3. The van der Waals surface area contributed by atoms with E-state index in [0.29, 0.717) is 5.92 Å². The fourth-order valence-electron chi connectivity index (χ4n) is 2.97. The van der Waals surface area contributed by atoms with Crippen LogP contribution in [0.1, 0.15) is 37.2 Å². The quantitative estimate of drug-likeness (QED) is 0.695. The molecule has 0 radical (unpaired) electrons. The van der Waals surface area contributed by atoms with Gasteiger partial charge in [0.05, 0.1) is 0 Å². The van der Waals surface area contributed by atoms with Gasteiger partial charge < -0.3 is 5.32 Å². The van der Waals surface area contributed by atoms with Crippen molar-refractivity contribution in [3.05, 3.63) is 34.3 Å². The van der Waals surface area contributed by atoms with Crippen molar-refractivity contribution in [3.63, 3.8) is 0 Å². The highest BCUT2D eigenvalue weighted by Crippen LogP contribution is 2.47. The molecule has 24 heavy (non-hydrogen) atoms. The highest BCUT2D eigenvalue weighted by Gasteiger charge is 2.63. The Labute approximate surface area is 146 Å². The molecule has 0 atom stereocenters. The Morgan fingerprint density at radius 3 is 2.62 bits per heavy atom. The van der Waals surface area contributed by atoms with Gasteiger partial charge in [-0.1, -0.05) is 28.1 Å². The van der Waals surface area contributed by atoms with Crippen molar-refractivity contribution in [3.8, 4) is 0 Å². The molecular weight excluding hydrogens is 387 g/mol. The minimum Gasteiger partial charge on any atom is -0.356 e. The number of carbonyl (C=O) groups excluding carboxylic acids is 1. The van der Waals surface area contributed by atoms with Crippen LogP contribution in [-0.2, 0) is 4.79 Å². The van der Waals surface area contributed by atoms with Crippen LogP contribution in [0.5, 0.6) is 0 Å². The van der Waals surface area contributed by atoms with E-state index in [4.69, 9.17) is 0 Å². The smallest absolute Gasteiger partial charge is 0.356 e. The molecule has 0 saturated heterocycles. The summed E-state index contributed by atoms with van der Waals surface area (Å²) in [5.41, 5.74) is -1.00. The van der Waals surface area contributed by atoms with Gasteiger partial charge in [-0.25, -0.2) is 0 Å². The van der Waals surface area contributed by atoms with Crippen LogP contribution in [0.25, 0.3) is 0 Å². The number of amides is 1. The Kier molecular flexibility index (Phi) is 4.68. The minimum atomic E-state index is -4.43. The Bertz CT molecular complexity index is 650. The van der Waals surface area contributed by atoms with Crippen LogP contribution in [0.4, 0.5) is 13.2 Å². The van der Waals surface area contributed by atoms with E-state index < -0.39 is 11.8 Å². The normalized spacial score (nSPS) is 24.3. The monoisotopic (exact) mass is 403 g/mol. The third-order valence-electron chi connectivity index (χ3n) is 4.63. The van der Waals surface area contributed by atoms with Gasteiger partial charge in [0, 0.05) is 23.4 Å². The number of hydrogen-bond donors (Lipinski definition) is 1. The number of nitrogens with one attached hydrogen (secondary N) is 1. The maximum atomic E-state index is 12.6. The lowest BCUT2D eigenvalue weighted by Crippen LogP contribution is -2.39. The molecule has 1 fully saturated rings. The van der Waals surface area contributed by atoms with E-state index in [9.17, 15) is 18.0 Å². The summed E-state index contributed by atoms with van der Waals surface area (Å²) in [6.07, 6.45) is -2.87. The molecule has 130 valence electrons. The highest BCUT2D eigenvalue weighted by molar-refractivity contribution is 9.10. The maximum absolute atomic E-state index is 12.6. The lowest BCUT2D eigenvalue weighted by Gasteiger charge is -2.34. The van der Waals surface area contributed by atoms with Crippen LogP contribution in [0.3, 0.4) is 0 Å². The van der Waals surface area contributed by atoms with Gasteiger partial charge >= 0.3 is 6.18 Å². The van der Waals surface area contributed by atoms with E-state index in [0.717, 1.165) is 17.3 Å². The van der Waals surface area contributed by atoms with Gasteiger partial charge in [0.1, 0.15) is 0 Å². The average molecular weight is 404 g/mol. The minimum absolute atomic E-state index is 0.0548. The first kappa shape index (κ1) is 17.4. The molecule has 1 heterocycles. The van der Waals surface area contributed by atoms with Crippen LogP contribution in [0.15, 0.2) is 39.0 Å². The number of halogens is 4. The van der Waals surface area contributed by atoms with E-state index in [1.165, 1.54) is 5.56 Å². The molecule has 1 aliphatic carbocycles. The lowest BCUT2D eigenvalue weighted by atomic mass is 9.71. The fourth-order valence-corrected chi connectivity index (χ4v) is 3.39. The topological polar surface area (TPSA) is 53.8 Å². The first-order valence-electron chi connectivity index (χ1n) is 7.85. The predicted octanol–water partition coefficient (Wildman–Crippen LogP) is 4.56. The third-order valence-corrected chi connectivity index (χ3v) is 5.12. The first-order chi connectivity index (χ1) is 11.3. The van der Waals surface area contributed by atoms with E-state index in [1.54, 1.807) is 0 Å². The summed E-state index contributed by atoms with van der Waals surface area (Å²) < 4.78 is 38.9. The number of carbonyl (C=O) groups is 1. The Morgan fingerprint density at radius 2 is 2.04 bits per heavy atom. The summed E-state index contributed by atoms with van der Waals surface area (Å²) in [6.45, 7) is 0.222. The van der Waals surface area contributed by atoms with Gasteiger partial charge in [-0.3, -0.25) is 4.79 Å². The third kappa shape index (κ3) is 3.63. The molecule has 2 aliphatic rings. The van der Waals surface area contributed by atoms with Crippen LogP contribution in [0.2, 0.25) is 0 Å². The van der Waals surface area contributed by atoms with Crippen molar-refractivity contribution in [2.24, 2.45) is 16.1 Å².